The molecule has 0 amide bonds. The molecule has 0 heterocycles. The van der Waals surface area contributed by atoms with Crippen molar-refractivity contribution in [3.63, 3.8) is 0 Å². The van der Waals surface area contributed by atoms with Gasteiger partial charge in [0.25, 0.3) is 0 Å². The van der Waals surface area contributed by atoms with Gasteiger partial charge in [0, 0.05) is 0 Å². The number of hydrogen-bond acceptors (Lipinski definition) is 3. The summed E-state index contributed by atoms with van der Waals surface area (Å²) in [6, 6.07) is 0. The third-order valence-corrected chi connectivity index (χ3v) is 1.18. The van der Waals surface area contributed by atoms with Gasteiger partial charge >= 0.3 is 0 Å². The van der Waals surface area contributed by atoms with Crippen molar-refractivity contribution in [3.05, 3.63) is 28.8 Å². The molecule has 0 aliphatic heterocycles. The lowest BCUT2D eigenvalue weighted by Crippen LogP contribution is -2.20. The first kappa shape index (κ1) is 5.95. The van der Waals surface area contributed by atoms with Gasteiger partial charge in [0.1, 0.15) is 0 Å². The predicted octanol–water partition coefficient (Wildman–Crippen LogP) is -0.265. The minimum Gasteiger partial charge on any atom is -0.392 e. The molecule has 48 valence electrons. The third-order valence-electron chi connectivity index (χ3n) is 1.18. The van der Waals surface area contributed by atoms with E-state index in [-0.39, 0.29) is 0 Å². The molecule has 1 aliphatic carbocycles. The van der Waals surface area contributed by atoms with Crippen molar-refractivity contribution in [2.24, 2.45) is 11.6 Å². The van der Waals surface area contributed by atoms with Gasteiger partial charge < -0.3 is 11.2 Å². The van der Waals surface area contributed by atoms with Crippen molar-refractivity contribution in [1.29, 1.82) is 0 Å². The number of nitrogens with two attached hydrogens (primary N) is 2. The average Bonchev–Trinajstić information content (AvgIpc) is 2.10. The zero-order chi connectivity index (χ0) is 6.85. The van der Waals surface area contributed by atoms with Crippen LogP contribution in [-0.4, -0.2) is 0 Å². The Morgan fingerprint density at radius 1 is 1.67 bits per heavy atom. The molecule has 0 unspecified atom stereocenters. The lowest BCUT2D eigenvalue weighted by atomic mass is 10.3. The Hall–Kier alpha value is -1.18. The number of allylic oxidation sites excluding steroid dienone is 1. The molecule has 0 radical (unpaired) electrons. The van der Waals surface area contributed by atoms with Crippen LogP contribution in [0.15, 0.2) is 28.8 Å². The Balaban J connectivity index is 2.95. The van der Waals surface area contributed by atoms with Crippen molar-refractivity contribution in [2.75, 3.05) is 0 Å². The number of hydrazine groups is 1. The average molecular weight is 123 g/mol. The van der Waals surface area contributed by atoms with Gasteiger partial charge in [-0.1, -0.05) is 5.73 Å². The van der Waals surface area contributed by atoms with Gasteiger partial charge in [-0.25, -0.2) is 5.84 Å². The van der Waals surface area contributed by atoms with Crippen LogP contribution in [0, 0.1) is 0 Å². The molecule has 0 aromatic carbocycles. The zero-order valence-electron chi connectivity index (χ0n) is 5.23. The van der Waals surface area contributed by atoms with Crippen LogP contribution in [0.3, 0.4) is 0 Å². The Morgan fingerprint density at radius 3 is 2.56 bits per heavy atom. The van der Waals surface area contributed by atoms with Crippen molar-refractivity contribution in [1.82, 2.24) is 5.43 Å². The van der Waals surface area contributed by atoms with E-state index in [0.29, 0.717) is 5.70 Å². The predicted molar refractivity (Wildman–Crippen MR) is 35.8 cm³/mol. The maximum absolute atomic E-state index is 5.40. The highest BCUT2D eigenvalue weighted by molar-refractivity contribution is 5.40. The summed E-state index contributed by atoms with van der Waals surface area (Å²) in [7, 11) is 0. The van der Waals surface area contributed by atoms with E-state index in [0.717, 1.165) is 11.3 Å². The van der Waals surface area contributed by atoms with Crippen LogP contribution in [0.5, 0.6) is 0 Å². The van der Waals surface area contributed by atoms with E-state index < -0.39 is 0 Å². The molecular formula is C6H9N3. The molecule has 1 aliphatic rings. The zero-order valence-corrected chi connectivity index (χ0v) is 5.23. The summed E-state index contributed by atoms with van der Waals surface area (Å²) in [5, 5.41) is 0. The molecule has 3 nitrogen and oxygen atoms in total. The Labute approximate surface area is 53.7 Å². The first-order chi connectivity index (χ1) is 4.24. The van der Waals surface area contributed by atoms with Crippen molar-refractivity contribution in [2.45, 2.75) is 6.92 Å². The van der Waals surface area contributed by atoms with Gasteiger partial charge in [-0.3, -0.25) is 0 Å². The minimum absolute atomic E-state index is 0.625. The summed E-state index contributed by atoms with van der Waals surface area (Å²) in [6.07, 6.45) is 1.81. The van der Waals surface area contributed by atoms with Crippen molar-refractivity contribution in [3.8, 4) is 0 Å². The highest BCUT2D eigenvalue weighted by Gasteiger charge is 2.02. The fraction of sp³-hybridized carbons (Fsp3) is 0.167. The maximum atomic E-state index is 5.40. The van der Waals surface area contributed by atoms with Gasteiger partial charge in [-0.15, -0.1) is 0 Å². The van der Waals surface area contributed by atoms with Gasteiger partial charge in [-0.2, -0.15) is 0 Å². The van der Waals surface area contributed by atoms with Crippen LogP contribution in [-0.2, 0) is 0 Å². The summed E-state index contributed by atoms with van der Waals surface area (Å²) < 4.78 is 0. The van der Waals surface area contributed by atoms with Crippen LogP contribution in [0.1, 0.15) is 6.92 Å². The summed E-state index contributed by atoms with van der Waals surface area (Å²) in [4.78, 5) is 0. The van der Waals surface area contributed by atoms with E-state index in [1.807, 2.05) is 13.0 Å². The van der Waals surface area contributed by atoms with E-state index in [9.17, 15) is 0 Å². The summed E-state index contributed by atoms with van der Waals surface area (Å²) >= 11 is 0. The van der Waals surface area contributed by atoms with E-state index in [2.05, 4.69) is 11.2 Å². The second-order valence-electron chi connectivity index (χ2n) is 1.93. The van der Waals surface area contributed by atoms with Gasteiger partial charge in [0.05, 0.1) is 11.4 Å². The monoisotopic (exact) mass is 123 g/mol. The van der Waals surface area contributed by atoms with E-state index in [1.54, 1.807) is 0 Å². The van der Waals surface area contributed by atoms with Crippen LogP contribution in [0.25, 0.3) is 0 Å². The highest BCUT2D eigenvalue weighted by atomic mass is 15.2. The van der Waals surface area contributed by atoms with Crippen molar-refractivity contribution >= 4 is 0 Å². The van der Waals surface area contributed by atoms with Crippen LogP contribution in [0.4, 0.5) is 0 Å². The standard InChI is InChI=1S/C6H9N3/c1-4-2-5(7)3-6(4)9-8/h2,9H,7-8H2,1H3. The summed E-state index contributed by atoms with van der Waals surface area (Å²) in [5.74, 6) is 5.13. The van der Waals surface area contributed by atoms with E-state index >= 15 is 0 Å². The smallest absolute Gasteiger partial charge is 0.0965 e. The Kier molecular flexibility index (Phi) is 1.30. The summed E-state index contributed by atoms with van der Waals surface area (Å²) in [6.45, 7) is 1.92. The molecule has 0 aromatic rings. The second-order valence-corrected chi connectivity index (χ2v) is 1.93. The third kappa shape index (κ3) is 0.964. The molecule has 0 bridgehead atoms. The molecule has 1 rings (SSSR count). The molecular weight excluding hydrogens is 114 g/mol. The molecule has 0 saturated heterocycles. The van der Waals surface area contributed by atoms with Gasteiger partial charge in [0.2, 0.25) is 0 Å². The molecule has 9 heavy (non-hydrogen) atoms. The fourth-order valence-corrected chi connectivity index (χ4v) is 0.734. The Bertz CT molecular complexity index is 218. The van der Waals surface area contributed by atoms with E-state index in [1.165, 1.54) is 0 Å². The quantitative estimate of drug-likeness (QED) is 0.255. The largest absolute Gasteiger partial charge is 0.392 e. The maximum Gasteiger partial charge on any atom is 0.0965 e. The molecule has 0 atom stereocenters. The lowest BCUT2D eigenvalue weighted by molar-refractivity contribution is 0.902. The first-order valence-corrected chi connectivity index (χ1v) is 2.65. The topological polar surface area (TPSA) is 64.1 Å². The first-order valence-electron chi connectivity index (χ1n) is 2.65. The van der Waals surface area contributed by atoms with E-state index in [4.69, 9.17) is 11.6 Å². The van der Waals surface area contributed by atoms with Gasteiger partial charge in [0.15, 0.2) is 0 Å². The molecule has 0 saturated carbocycles. The lowest BCUT2D eigenvalue weighted by Gasteiger charge is -1.96. The Morgan fingerprint density at radius 2 is 2.33 bits per heavy atom. The molecule has 5 N–H and O–H groups in total. The van der Waals surface area contributed by atoms with Gasteiger partial charge in [-0.05, 0) is 18.6 Å². The van der Waals surface area contributed by atoms with Crippen molar-refractivity contribution < 1.29 is 0 Å². The number of rotatable bonds is 1. The fourth-order valence-electron chi connectivity index (χ4n) is 0.734. The minimum atomic E-state index is 0.625. The normalized spacial score (nSPS) is 16.4. The van der Waals surface area contributed by atoms with Crippen LogP contribution < -0.4 is 17.0 Å². The second kappa shape index (κ2) is 1.97. The molecule has 0 aromatic heterocycles. The molecule has 0 fully saturated rings. The molecule has 0 spiro atoms. The molecule has 3 heteroatoms. The number of nitrogens with one attached hydrogen (secondary N) is 1. The highest BCUT2D eigenvalue weighted by Crippen LogP contribution is 2.10. The van der Waals surface area contributed by atoms with Crippen LogP contribution in [0.2, 0.25) is 0 Å². The SMILES string of the molecule is CC1=CC(N)=C=C1NN. The van der Waals surface area contributed by atoms with Crippen LogP contribution >= 0.6 is 0 Å². The summed E-state index contributed by atoms with van der Waals surface area (Å²) in [5.41, 5.74) is 13.1. The number of hydrogen-bond donors (Lipinski definition) is 3.